The smallest absolute Gasteiger partial charge is 0.338 e. The first-order valence-electron chi connectivity index (χ1n) is 14.4. The lowest BCUT2D eigenvalue weighted by Gasteiger charge is -2.13. The van der Waals surface area contributed by atoms with E-state index in [4.69, 9.17) is 14.2 Å². The highest BCUT2D eigenvalue weighted by atomic mass is 16.5. The fourth-order valence-corrected chi connectivity index (χ4v) is 5.26. The first-order chi connectivity index (χ1) is 21.7. The van der Waals surface area contributed by atoms with Gasteiger partial charge < -0.3 is 29.0 Å². The van der Waals surface area contributed by atoms with Gasteiger partial charge in [0.15, 0.2) is 0 Å². The highest BCUT2D eigenvalue weighted by molar-refractivity contribution is 6.07. The molecule has 9 nitrogen and oxygen atoms in total. The SMILES string of the molecule is CC(C)Oc1ccc(Oc2ccc3c(c2)c(C(=O)O)c(CC(=O)O)n3-c2ccc(OCc3ccc4ccccc4n3)cc2)cc1. The van der Waals surface area contributed by atoms with Gasteiger partial charge in [-0.15, -0.1) is 0 Å². The van der Waals surface area contributed by atoms with Gasteiger partial charge in [0.1, 0.15) is 29.6 Å². The van der Waals surface area contributed by atoms with E-state index in [1.165, 1.54) is 0 Å². The van der Waals surface area contributed by atoms with Crippen LogP contribution >= 0.6 is 0 Å². The molecular formula is C36H30N2O7. The molecule has 6 rings (SSSR count). The molecule has 0 saturated heterocycles. The molecule has 0 aliphatic heterocycles. The van der Waals surface area contributed by atoms with E-state index in [0.717, 1.165) is 16.6 Å². The summed E-state index contributed by atoms with van der Waals surface area (Å²) in [5.41, 5.74) is 2.84. The second-order valence-corrected chi connectivity index (χ2v) is 10.7. The van der Waals surface area contributed by atoms with Crippen molar-refractivity contribution >= 4 is 33.7 Å². The van der Waals surface area contributed by atoms with Crippen LogP contribution in [0.15, 0.2) is 103 Å². The summed E-state index contributed by atoms with van der Waals surface area (Å²) in [6, 6.07) is 31.0. The van der Waals surface area contributed by atoms with Crippen molar-refractivity contribution < 1.29 is 34.0 Å². The predicted molar refractivity (Wildman–Crippen MR) is 170 cm³/mol. The van der Waals surface area contributed by atoms with Crippen molar-refractivity contribution in [3.8, 4) is 28.7 Å². The van der Waals surface area contributed by atoms with E-state index >= 15 is 0 Å². The third-order valence-electron chi connectivity index (χ3n) is 7.14. The van der Waals surface area contributed by atoms with Crippen LogP contribution in [0.1, 0.15) is 35.6 Å². The van der Waals surface area contributed by atoms with E-state index in [9.17, 15) is 19.8 Å². The zero-order valence-corrected chi connectivity index (χ0v) is 24.6. The summed E-state index contributed by atoms with van der Waals surface area (Å²) in [7, 11) is 0. The van der Waals surface area contributed by atoms with Crippen LogP contribution in [0.4, 0.5) is 0 Å². The summed E-state index contributed by atoms with van der Waals surface area (Å²) in [5, 5.41) is 21.3. The van der Waals surface area contributed by atoms with Crippen molar-refractivity contribution in [1.29, 1.82) is 0 Å². The van der Waals surface area contributed by atoms with Crippen LogP contribution in [0, 0.1) is 0 Å². The Kier molecular flexibility index (Phi) is 8.07. The van der Waals surface area contributed by atoms with Crippen molar-refractivity contribution in [1.82, 2.24) is 9.55 Å². The van der Waals surface area contributed by atoms with Gasteiger partial charge in [-0.3, -0.25) is 4.79 Å². The van der Waals surface area contributed by atoms with Crippen LogP contribution in [0.25, 0.3) is 27.5 Å². The molecule has 0 unspecified atom stereocenters. The van der Waals surface area contributed by atoms with Crippen molar-refractivity contribution in [2.45, 2.75) is 33.0 Å². The van der Waals surface area contributed by atoms with Gasteiger partial charge in [0.2, 0.25) is 0 Å². The second kappa shape index (κ2) is 12.4. The monoisotopic (exact) mass is 602 g/mol. The van der Waals surface area contributed by atoms with Gasteiger partial charge >= 0.3 is 11.9 Å². The van der Waals surface area contributed by atoms with Crippen LogP contribution < -0.4 is 14.2 Å². The Balaban J connectivity index is 1.30. The van der Waals surface area contributed by atoms with E-state index in [1.807, 2.05) is 50.2 Å². The summed E-state index contributed by atoms with van der Waals surface area (Å²) in [6.45, 7) is 4.15. The summed E-state index contributed by atoms with van der Waals surface area (Å²) < 4.78 is 19.3. The van der Waals surface area contributed by atoms with E-state index in [1.54, 1.807) is 71.3 Å². The molecular weight excluding hydrogens is 572 g/mol. The summed E-state index contributed by atoms with van der Waals surface area (Å²) in [5.74, 6) is -0.133. The third-order valence-corrected chi connectivity index (χ3v) is 7.14. The molecule has 226 valence electrons. The number of aliphatic carboxylic acids is 1. The molecule has 2 N–H and O–H groups in total. The number of hydrogen-bond donors (Lipinski definition) is 2. The molecule has 45 heavy (non-hydrogen) atoms. The van der Waals surface area contributed by atoms with E-state index in [-0.39, 0.29) is 24.0 Å². The normalized spacial score (nSPS) is 11.2. The number of para-hydroxylation sites is 1. The lowest BCUT2D eigenvalue weighted by atomic mass is 10.1. The van der Waals surface area contributed by atoms with Gasteiger partial charge in [-0.05, 0) is 92.7 Å². The summed E-state index contributed by atoms with van der Waals surface area (Å²) in [6.07, 6.45) is -0.454. The zero-order chi connectivity index (χ0) is 31.5. The molecule has 0 aliphatic carbocycles. The maximum atomic E-state index is 12.5. The number of ether oxygens (including phenoxy) is 3. The third kappa shape index (κ3) is 6.42. The lowest BCUT2D eigenvalue weighted by Crippen LogP contribution is -2.11. The Bertz CT molecular complexity index is 2010. The molecule has 0 fully saturated rings. The molecule has 2 aromatic heterocycles. The van der Waals surface area contributed by atoms with Gasteiger partial charge in [-0.1, -0.05) is 24.3 Å². The van der Waals surface area contributed by atoms with Crippen LogP contribution in [0.2, 0.25) is 0 Å². The van der Waals surface area contributed by atoms with Crippen molar-refractivity contribution in [3.63, 3.8) is 0 Å². The topological polar surface area (TPSA) is 120 Å². The molecule has 0 saturated carbocycles. The van der Waals surface area contributed by atoms with Crippen LogP contribution in [-0.2, 0) is 17.8 Å². The first kappa shape index (κ1) is 29.3. The maximum absolute atomic E-state index is 12.5. The van der Waals surface area contributed by atoms with Gasteiger partial charge in [-0.25, -0.2) is 9.78 Å². The minimum atomic E-state index is -1.23. The number of pyridine rings is 1. The van der Waals surface area contributed by atoms with E-state index in [2.05, 4.69) is 4.98 Å². The molecule has 0 bridgehead atoms. The average molecular weight is 603 g/mol. The molecule has 0 atom stereocenters. The Morgan fingerprint density at radius 1 is 0.800 bits per heavy atom. The number of carboxylic acid groups (broad SMARTS) is 2. The minimum absolute atomic E-state index is 0.0362. The number of hydrogen-bond acceptors (Lipinski definition) is 6. The highest BCUT2D eigenvalue weighted by Gasteiger charge is 2.25. The summed E-state index contributed by atoms with van der Waals surface area (Å²) >= 11 is 0. The standard InChI is InChI=1S/C36H30N2O7/c1-22(2)44-27-13-15-28(16-14-27)45-29-17-18-32-30(19-29)35(36(41)42)33(20-34(39)40)38(32)25-9-11-26(12-10-25)43-21-24-8-7-23-5-3-4-6-31(23)37-24/h3-19,22H,20-21H2,1-2H3,(H,39,40)(H,41,42). The van der Waals surface area contributed by atoms with Crippen molar-refractivity contribution in [3.05, 3.63) is 120 Å². The minimum Gasteiger partial charge on any atom is -0.491 e. The second-order valence-electron chi connectivity index (χ2n) is 10.7. The van der Waals surface area contributed by atoms with Gasteiger partial charge in [0.25, 0.3) is 0 Å². The molecule has 2 heterocycles. The Hall–Kier alpha value is -5.83. The van der Waals surface area contributed by atoms with Crippen LogP contribution in [-0.4, -0.2) is 37.8 Å². The van der Waals surface area contributed by atoms with Crippen LogP contribution in [0.5, 0.6) is 23.0 Å². The van der Waals surface area contributed by atoms with E-state index < -0.39 is 18.4 Å². The number of carboxylic acids is 2. The van der Waals surface area contributed by atoms with E-state index in [0.29, 0.717) is 39.6 Å². The molecule has 9 heteroatoms. The number of aromatic nitrogens is 2. The Morgan fingerprint density at radius 2 is 1.49 bits per heavy atom. The lowest BCUT2D eigenvalue weighted by molar-refractivity contribution is -0.136. The van der Waals surface area contributed by atoms with Gasteiger partial charge in [0, 0.05) is 22.2 Å². The Labute approximate surface area is 258 Å². The largest absolute Gasteiger partial charge is 0.491 e. The molecule has 0 aliphatic rings. The number of fused-ring (bicyclic) bond motifs is 2. The predicted octanol–water partition coefficient (Wildman–Crippen LogP) is 7.66. The number of rotatable bonds is 11. The van der Waals surface area contributed by atoms with Gasteiger partial charge in [-0.2, -0.15) is 0 Å². The van der Waals surface area contributed by atoms with Crippen molar-refractivity contribution in [2.24, 2.45) is 0 Å². The summed E-state index contributed by atoms with van der Waals surface area (Å²) in [4.78, 5) is 29.1. The quantitative estimate of drug-likeness (QED) is 0.155. The number of aromatic carboxylic acids is 1. The molecule has 0 spiro atoms. The molecule has 0 amide bonds. The molecule has 0 radical (unpaired) electrons. The molecule has 6 aromatic rings. The highest BCUT2D eigenvalue weighted by Crippen LogP contribution is 2.35. The average Bonchev–Trinajstić information content (AvgIpc) is 3.33. The first-order valence-corrected chi connectivity index (χ1v) is 14.4. The van der Waals surface area contributed by atoms with Crippen molar-refractivity contribution in [2.75, 3.05) is 0 Å². The molecule has 4 aromatic carbocycles. The van der Waals surface area contributed by atoms with Crippen LogP contribution in [0.3, 0.4) is 0 Å². The zero-order valence-electron chi connectivity index (χ0n) is 24.6. The Morgan fingerprint density at radius 3 is 2.20 bits per heavy atom. The number of nitrogens with zero attached hydrogens (tertiary/aromatic N) is 2. The number of benzene rings is 4. The van der Waals surface area contributed by atoms with Gasteiger partial charge in [0.05, 0.1) is 34.8 Å². The number of carbonyl (C=O) groups is 2. The fraction of sp³-hybridized carbons (Fsp3) is 0.139. The maximum Gasteiger partial charge on any atom is 0.338 e. The fourth-order valence-electron chi connectivity index (χ4n) is 5.26.